The van der Waals surface area contributed by atoms with Gasteiger partial charge < -0.3 is 10.6 Å². The Hall–Kier alpha value is -0.580. The predicted octanol–water partition coefficient (Wildman–Crippen LogP) is 2.91. The number of benzene rings is 1. The quantitative estimate of drug-likeness (QED) is 0.868. The van der Waals surface area contributed by atoms with E-state index in [4.69, 9.17) is 0 Å². The van der Waals surface area contributed by atoms with E-state index in [1.165, 1.54) is 0 Å². The molecule has 0 aliphatic carbocycles. The summed E-state index contributed by atoms with van der Waals surface area (Å²) in [7, 11) is 0. The van der Waals surface area contributed by atoms with Gasteiger partial charge in [-0.25, -0.2) is 0 Å². The van der Waals surface area contributed by atoms with Crippen molar-refractivity contribution in [2.45, 2.75) is 26.8 Å². The largest absolute Gasteiger partial charge is 0.350 e. The fourth-order valence-electron chi connectivity index (χ4n) is 1.64. The number of halogens is 2. The van der Waals surface area contributed by atoms with Gasteiger partial charge in [0, 0.05) is 22.6 Å². The second-order valence-corrected chi connectivity index (χ2v) is 5.04. The first-order valence-corrected chi connectivity index (χ1v) is 6.61. The Morgan fingerprint density at radius 2 is 2.11 bits per heavy atom. The van der Waals surface area contributed by atoms with Crippen LogP contribution in [0.3, 0.4) is 0 Å². The summed E-state index contributed by atoms with van der Waals surface area (Å²) in [5, 5.41) is 6.18. The number of hydrogen-bond acceptors (Lipinski definition) is 2. The summed E-state index contributed by atoms with van der Waals surface area (Å²) in [4.78, 5) is 11.9. The van der Waals surface area contributed by atoms with Gasteiger partial charge in [-0.15, -0.1) is 12.4 Å². The van der Waals surface area contributed by atoms with Crippen LogP contribution in [0.25, 0.3) is 0 Å². The zero-order valence-electron chi connectivity index (χ0n) is 10.9. The topological polar surface area (TPSA) is 41.1 Å². The minimum Gasteiger partial charge on any atom is -0.350 e. The first kappa shape index (κ1) is 17.4. The Balaban J connectivity index is 0.00000289. The number of aryl methyl sites for hydroxylation is 1. The molecular weight excluding hydrogens is 316 g/mol. The summed E-state index contributed by atoms with van der Waals surface area (Å²) >= 11 is 3.39. The van der Waals surface area contributed by atoms with Gasteiger partial charge >= 0.3 is 0 Å². The maximum atomic E-state index is 11.9. The smallest absolute Gasteiger partial charge is 0.251 e. The van der Waals surface area contributed by atoms with E-state index in [1.54, 1.807) is 0 Å². The first-order valence-electron chi connectivity index (χ1n) is 5.82. The van der Waals surface area contributed by atoms with E-state index >= 15 is 0 Å². The number of carbonyl (C=O) groups is 1. The molecule has 1 amide bonds. The molecule has 0 aliphatic rings. The van der Waals surface area contributed by atoms with Gasteiger partial charge in [0.15, 0.2) is 0 Å². The monoisotopic (exact) mass is 334 g/mol. The average molecular weight is 336 g/mol. The van der Waals surface area contributed by atoms with E-state index in [0.717, 1.165) is 22.1 Å². The molecule has 0 fully saturated rings. The van der Waals surface area contributed by atoms with Crippen LogP contribution in [-0.2, 0) is 0 Å². The third-order valence-electron chi connectivity index (χ3n) is 2.55. The van der Waals surface area contributed by atoms with E-state index in [0.29, 0.717) is 12.6 Å². The van der Waals surface area contributed by atoms with E-state index in [2.05, 4.69) is 40.4 Å². The predicted molar refractivity (Wildman–Crippen MR) is 81.6 cm³/mol. The van der Waals surface area contributed by atoms with Gasteiger partial charge in [-0.3, -0.25) is 4.79 Å². The molecule has 1 rings (SSSR count). The lowest BCUT2D eigenvalue weighted by Crippen LogP contribution is -2.38. The average Bonchev–Trinajstić information content (AvgIpc) is 2.26. The van der Waals surface area contributed by atoms with Crippen LogP contribution < -0.4 is 10.6 Å². The van der Waals surface area contributed by atoms with E-state index < -0.39 is 0 Å². The maximum absolute atomic E-state index is 11.9. The van der Waals surface area contributed by atoms with Crippen molar-refractivity contribution in [1.29, 1.82) is 0 Å². The molecule has 3 nitrogen and oxygen atoms in total. The summed E-state index contributed by atoms with van der Waals surface area (Å²) in [6.45, 7) is 7.60. The van der Waals surface area contributed by atoms with Crippen LogP contribution in [-0.4, -0.2) is 25.0 Å². The van der Waals surface area contributed by atoms with Crippen molar-refractivity contribution < 1.29 is 4.79 Å². The third-order valence-corrected chi connectivity index (χ3v) is 3.05. The molecule has 0 heterocycles. The summed E-state index contributed by atoms with van der Waals surface area (Å²) in [6, 6.07) is 5.96. The number of nitrogens with one attached hydrogen (secondary N) is 2. The number of amides is 1. The molecule has 0 unspecified atom stereocenters. The lowest BCUT2D eigenvalue weighted by molar-refractivity contribution is 0.0949. The van der Waals surface area contributed by atoms with Gasteiger partial charge in [0.2, 0.25) is 0 Å². The van der Waals surface area contributed by atoms with Crippen molar-refractivity contribution in [2.75, 3.05) is 13.1 Å². The highest BCUT2D eigenvalue weighted by Crippen LogP contribution is 2.15. The van der Waals surface area contributed by atoms with Gasteiger partial charge in [0.1, 0.15) is 0 Å². The SMILES string of the molecule is CCN[C@H](C)CNC(=O)c1ccc(Br)cc1C.Cl. The fraction of sp³-hybridized carbons (Fsp3) is 0.462. The first-order chi connectivity index (χ1) is 8.04. The van der Waals surface area contributed by atoms with Crippen molar-refractivity contribution in [1.82, 2.24) is 10.6 Å². The molecule has 0 bridgehead atoms. The normalized spacial score (nSPS) is 11.6. The summed E-state index contributed by atoms with van der Waals surface area (Å²) in [5.74, 6) is -0.0141. The minimum atomic E-state index is -0.0141. The van der Waals surface area contributed by atoms with Crippen molar-refractivity contribution in [2.24, 2.45) is 0 Å². The Bertz CT molecular complexity index is 399. The van der Waals surface area contributed by atoms with Crippen LogP contribution in [0.2, 0.25) is 0 Å². The molecule has 0 saturated carbocycles. The van der Waals surface area contributed by atoms with Gasteiger partial charge in [-0.2, -0.15) is 0 Å². The molecule has 5 heteroatoms. The molecule has 1 atom stereocenters. The van der Waals surface area contributed by atoms with Crippen LogP contribution in [0.1, 0.15) is 29.8 Å². The number of carbonyl (C=O) groups excluding carboxylic acids is 1. The molecule has 2 N–H and O–H groups in total. The van der Waals surface area contributed by atoms with E-state index in [9.17, 15) is 4.79 Å². The number of likely N-dealkylation sites (N-methyl/N-ethyl adjacent to an activating group) is 1. The van der Waals surface area contributed by atoms with Crippen LogP contribution in [0.5, 0.6) is 0 Å². The molecule has 1 aromatic rings. The van der Waals surface area contributed by atoms with Gasteiger partial charge in [-0.1, -0.05) is 22.9 Å². The van der Waals surface area contributed by atoms with Crippen molar-refractivity contribution in [3.05, 3.63) is 33.8 Å². The summed E-state index contributed by atoms with van der Waals surface area (Å²) < 4.78 is 0.993. The number of rotatable bonds is 5. The second kappa shape index (κ2) is 8.51. The fourth-order valence-corrected chi connectivity index (χ4v) is 2.12. The third kappa shape index (κ3) is 5.38. The highest BCUT2D eigenvalue weighted by molar-refractivity contribution is 9.10. The summed E-state index contributed by atoms with van der Waals surface area (Å²) in [5.41, 5.74) is 1.71. The summed E-state index contributed by atoms with van der Waals surface area (Å²) in [6.07, 6.45) is 0. The lowest BCUT2D eigenvalue weighted by atomic mass is 10.1. The highest BCUT2D eigenvalue weighted by atomic mass is 79.9. The van der Waals surface area contributed by atoms with Crippen LogP contribution in [0, 0.1) is 6.92 Å². The molecular formula is C13H20BrClN2O. The zero-order valence-corrected chi connectivity index (χ0v) is 13.3. The standard InChI is InChI=1S/C13H19BrN2O.ClH/c1-4-15-10(3)8-16-13(17)12-6-5-11(14)7-9(12)2;/h5-7,10,15H,4,8H2,1-3H3,(H,16,17);1H/t10-;/m1./s1. The Kier molecular flexibility index (Phi) is 8.24. The van der Waals surface area contributed by atoms with Crippen LogP contribution in [0.4, 0.5) is 0 Å². The van der Waals surface area contributed by atoms with Crippen LogP contribution in [0.15, 0.2) is 22.7 Å². The Morgan fingerprint density at radius 3 is 2.67 bits per heavy atom. The molecule has 18 heavy (non-hydrogen) atoms. The molecule has 0 aliphatic heterocycles. The van der Waals surface area contributed by atoms with Crippen molar-refractivity contribution >= 4 is 34.2 Å². The minimum absolute atomic E-state index is 0. The van der Waals surface area contributed by atoms with Crippen molar-refractivity contribution in [3.63, 3.8) is 0 Å². The second-order valence-electron chi connectivity index (χ2n) is 4.13. The number of hydrogen-bond donors (Lipinski definition) is 2. The molecule has 0 saturated heterocycles. The highest BCUT2D eigenvalue weighted by Gasteiger charge is 2.09. The Labute approximate surface area is 123 Å². The maximum Gasteiger partial charge on any atom is 0.251 e. The molecule has 0 aromatic heterocycles. The molecule has 0 spiro atoms. The molecule has 102 valence electrons. The van der Waals surface area contributed by atoms with Gasteiger partial charge in [0.25, 0.3) is 5.91 Å². The van der Waals surface area contributed by atoms with Gasteiger partial charge in [0.05, 0.1) is 0 Å². The van der Waals surface area contributed by atoms with Crippen LogP contribution >= 0.6 is 28.3 Å². The zero-order chi connectivity index (χ0) is 12.8. The van der Waals surface area contributed by atoms with Crippen molar-refractivity contribution in [3.8, 4) is 0 Å². The van der Waals surface area contributed by atoms with Gasteiger partial charge in [-0.05, 0) is 44.2 Å². The molecule has 1 aromatic carbocycles. The van der Waals surface area contributed by atoms with E-state index in [1.807, 2.05) is 25.1 Å². The Morgan fingerprint density at radius 1 is 1.44 bits per heavy atom. The van der Waals surface area contributed by atoms with E-state index in [-0.39, 0.29) is 18.3 Å². The lowest BCUT2D eigenvalue weighted by Gasteiger charge is -2.14. The molecule has 0 radical (unpaired) electrons.